The van der Waals surface area contributed by atoms with Gasteiger partial charge in [-0.25, -0.2) is 0 Å². The smallest absolute Gasteiger partial charge is 0.255 e. The zero-order valence-electron chi connectivity index (χ0n) is 11.4. The molecule has 1 aromatic heterocycles. The maximum Gasteiger partial charge on any atom is 0.255 e. The van der Waals surface area contributed by atoms with Crippen LogP contribution < -0.4 is 5.32 Å². The normalized spacial score (nSPS) is 19.3. The molecule has 1 amide bonds. The second-order valence-corrected chi connectivity index (χ2v) is 4.94. The number of carbonyl (C=O) groups excluding carboxylic acids is 1. The molecule has 1 aliphatic rings. The van der Waals surface area contributed by atoms with Gasteiger partial charge < -0.3 is 10.2 Å². The molecule has 2 heterocycles. The second kappa shape index (κ2) is 5.48. The minimum Gasteiger partial charge on any atom is -0.334 e. The molecular weight excluding hydrogens is 226 g/mol. The molecule has 2 rings (SSSR count). The summed E-state index contributed by atoms with van der Waals surface area (Å²) in [6, 6.07) is 4.13. The summed E-state index contributed by atoms with van der Waals surface area (Å²) in [5, 5.41) is 3.16. The number of aryl methyl sites for hydroxylation is 2. The quantitative estimate of drug-likeness (QED) is 0.881. The summed E-state index contributed by atoms with van der Waals surface area (Å²) in [7, 11) is 1.93. The van der Waals surface area contributed by atoms with Crippen LogP contribution in [0.1, 0.15) is 34.6 Å². The second-order valence-electron chi connectivity index (χ2n) is 4.94. The average Bonchev–Trinajstić information content (AvgIpc) is 2.77. The largest absolute Gasteiger partial charge is 0.334 e. The van der Waals surface area contributed by atoms with Crippen molar-refractivity contribution < 1.29 is 4.79 Å². The van der Waals surface area contributed by atoms with E-state index < -0.39 is 0 Å². The number of carbonyl (C=O) groups is 1. The minimum atomic E-state index is 0.123. The van der Waals surface area contributed by atoms with E-state index >= 15 is 0 Å². The van der Waals surface area contributed by atoms with Crippen molar-refractivity contribution >= 4 is 5.91 Å². The third-order valence-electron chi connectivity index (χ3n) is 3.53. The molecule has 1 N–H and O–H groups in total. The molecule has 0 saturated carbocycles. The molecule has 98 valence electrons. The lowest BCUT2D eigenvalue weighted by Gasteiger charge is -2.25. The van der Waals surface area contributed by atoms with Crippen LogP contribution in [-0.2, 0) is 0 Å². The van der Waals surface area contributed by atoms with E-state index in [2.05, 4.69) is 10.3 Å². The highest BCUT2D eigenvalue weighted by Crippen LogP contribution is 2.20. The first kappa shape index (κ1) is 13.0. The van der Waals surface area contributed by atoms with Crippen molar-refractivity contribution in [2.75, 3.05) is 20.1 Å². The molecule has 1 atom stereocenters. The van der Waals surface area contributed by atoms with Gasteiger partial charge in [0, 0.05) is 24.8 Å². The predicted molar refractivity (Wildman–Crippen MR) is 71.7 cm³/mol. The summed E-state index contributed by atoms with van der Waals surface area (Å²) >= 11 is 0. The highest BCUT2D eigenvalue weighted by atomic mass is 16.2. The zero-order chi connectivity index (χ0) is 13.1. The van der Waals surface area contributed by atoms with Crippen LogP contribution in [0.4, 0.5) is 0 Å². The van der Waals surface area contributed by atoms with Crippen LogP contribution in [0.5, 0.6) is 0 Å². The lowest BCUT2D eigenvalue weighted by molar-refractivity contribution is 0.0736. The van der Waals surface area contributed by atoms with Crippen molar-refractivity contribution in [2.45, 2.75) is 32.7 Å². The van der Waals surface area contributed by atoms with E-state index in [-0.39, 0.29) is 5.91 Å². The summed E-state index contributed by atoms with van der Waals surface area (Å²) < 4.78 is 0. The van der Waals surface area contributed by atoms with Crippen LogP contribution in [0.3, 0.4) is 0 Å². The first-order chi connectivity index (χ1) is 8.63. The Morgan fingerprint density at radius 1 is 1.50 bits per heavy atom. The number of likely N-dealkylation sites (N-methyl/N-ethyl adjacent to an activating group) is 1. The standard InChI is InChI=1S/C14H21N3O/c1-10-6-7-13(11(2)16-10)14(18)17-8-4-5-12(17)9-15-3/h6-7,12,15H,4-5,8-9H2,1-3H3. The van der Waals surface area contributed by atoms with Crippen LogP contribution in [0.25, 0.3) is 0 Å². The van der Waals surface area contributed by atoms with E-state index in [1.54, 1.807) is 0 Å². The number of hydrogen-bond donors (Lipinski definition) is 1. The van der Waals surface area contributed by atoms with Crippen LogP contribution in [0.15, 0.2) is 12.1 Å². The van der Waals surface area contributed by atoms with Gasteiger partial charge in [0.1, 0.15) is 0 Å². The first-order valence-corrected chi connectivity index (χ1v) is 6.53. The molecule has 1 aromatic rings. The van der Waals surface area contributed by atoms with Crippen LogP contribution >= 0.6 is 0 Å². The lowest BCUT2D eigenvalue weighted by atomic mass is 10.1. The summed E-state index contributed by atoms with van der Waals surface area (Å²) in [6.07, 6.45) is 2.18. The minimum absolute atomic E-state index is 0.123. The summed E-state index contributed by atoms with van der Waals surface area (Å²) in [5.74, 6) is 0.123. The molecule has 0 aliphatic carbocycles. The third kappa shape index (κ3) is 2.53. The molecular formula is C14H21N3O. The Kier molecular flexibility index (Phi) is 3.97. The van der Waals surface area contributed by atoms with E-state index in [0.29, 0.717) is 6.04 Å². The van der Waals surface area contributed by atoms with Gasteiger partial charge in [0.05, 0.1) is 11.3 Å². The fraction of sp³-hybridized carbons (Fsp3) is 0.571. The van der Waals surface area contributed by atoms with Gasteiger partial charge in [0.2, 0.25) is 0 Å². The first-order valence-electron chi connectivity index (χ1n) is 6.53. The highest BCUT2D eigenvalue weighted by Gasteiger charge is 2.29. The van der Waals surface area contributed by atoms with E-state index in [0.717, 1.165) is 42.9 Å². The zero-order valence-corrected chi connectivity index (χ0v) is 11.4. The number of rotatable bonds is 3. The van der Waals surface area contributed by atoms with Crippen molar-refractivity contribution in [3.63, 3.8) is 0 Å². The van der Waals surface area contributed by atoms with Gasteiger partial charge >= 0.3 is 0 Å². The Balaban J connectivity index is 2.20. The molecule has 0 spiro atoms. The number of hydrogen-bond acceptors (Lipinski definition) is 3. The fourth-order valence-electron chi connectivity index (χ4n) is 2.62. The van der Waals surface area contributed by atoms with Crippen molar-refractivity contribution in [1.82, 2.24) is 15.2 Å². The molecule has 1 aliphatic heterocycles. The van der Waals surface area contributed by atoms with E-state index in [1.165, 1.54) is 0 Å². The molecule has 1 fully saturated rings. The van der Waals surface area contributed by atoms with Crippen LogP contribution in [0.2, 0.25) is 0 Å². The van der Waals surface area contributed by atoms with E-state index in [4.69, 9.17) is 0 Å². The molecule has 1 saturated heterocycles. The Hall–Kier alpha value is -1.42. The van der Waals surface area contributed by atoms with Gasteiger partial charge in [-0.1, -0.05) is 0 Å². The topological polar surface area (TPSA) is 45.2 Å². The predicted octanol–water partition coefficient (Wildman–Crippen LogP) is 1.52. The third-order valence-corrected chi connectivity index (χ3v) is 3.53. The maximum atomic E-state index is 12.5. The van der Waals surface area contributed by atoms with Crippen LogP contribution in [-0.4, -0.2) is 42.0 Å². The molecule has 18 heavy (non-hydrogen) atoms. The van der Waals surface area contributed by atoms with Gasteiger partial charge in [-0.05, 0) is 45.9 Å². The molecule has 1 unspecified atom stereocenters. The number of aromatic nitrogens is 1. The Morgan fingerprint density at radius 3 is 2.94 bits per heavy atom. The van der Waals surface area contributed by atoms with Crippen molar-refractivity contribution in [2.24, 2.45) is 0 Å². The lowest BCUT2D eigenvalue weighted by Crippen LogP contribution is -2.41. The fourth-order valence-corrected chi connectivity index (χ4v) is 2.62. The van der Waals surface area contributed by atoms with Gasteiger partial charge in [-0.15, -0.1) is 0 Å². The number of nitrogens with zero attached hydrogens (tertiary/aromatic N) is 2. The van der Waals surface area contributed by atoms with Gasteiger partial charge in [0.25, 0.3) is 5.91 Å². The summed E-state index contributed by atoms with van der Waals surface area (Å²) in [5.41, 5.74) is 2.52. The Morgan fingerprint density at radius 2 is 2.28 bits per heavy atom. The van der Waals surface area contributed by atoms with Gasteiger partial charge in [0.15, 0.2) is 0 Å². The average molecular weight is 247 g/mol. The number of likely N-dealkylation sites (tertiary alicyclic amines) is 1. The van der Waals surface area contributed by atoms with Crippen LogP contribution in [0, 0.1) is 13.8 Å². The van der Waals surface area contributed by atoms with Gasteiger partial charge in [-0.3, -0.25) is 9.78 Å². The molecule has 4 heteroatoms. The van der Waals surface area contributed by atoms with E-state index in [9.17, 15) is 4.79 Å². The summed E-state index contributed by atoms with van der Waals surface area (Å²) in [6.45, 7) is 5.58. The monoisotopic (exact) mass is 247 g/mol. The SMILES string of the molecule is CNCC1CCCN1C(=O)c1ccc(C)nc1C. The van der Waals surface area contributed by atoms with E-state index in [1.807, 2.05) is 37.9 Å². The molecule has 0 bridgehead atoms. The Labute approximate surface area is 108 Å². The van der Waals surface area contributed by atoms with Crippen molar-refractivity contribution in [3.8, 4) is 0 Å². The van der Waals surface area contributed by atoms with Crippen molar-refractivity contribution in [3.05, 3.63) is 29.1 Å². The van der Waals surface area contributed by atoms with Crippen molar-refractivity contribution in [1.29, 1.82) is 0 Å². The molecule has 0 radical (unpaired) electrons. The van der Waals surface area contributed by atoms with Gasteiger partial charge in [-0.2, -0.15) is 0 Å². The number of amides is 1. The number of pyridine rings is 1. The number of nitrogens with one attached hydrogen (secondary N) is 1. The Bertz CT molecular complexity index is 445. The molecule has 0 aromatic carbocycles. The molecule has 4 nitrogen and oxygen atoms in total. The summed E-state index contributed by atoms with van der Waals surface area (Å²) in [4.78, 5) is 18.9. The highest BCUT2D eigenvalue weighted by molar-refractivity contribution is 5.95. The maximum absolute atomic E-state index is 12.5.